The van der Waals surface area contributed by atoms with Crippen molar-refractivity contribution < 1.29 is 14.2 Å². The Balaban J connectivity index is 2.70. The molecule has 0 aliphatic carbocycles. The van der Waals surface area contributed by atoms with Crippen LogP contribution in [0.1, 0.15) is 302 Å². The number of hydrogen-bond donors (Lipinski definition) is 0. The van der Waals surface area contributed by atoms with E-state index in [-0.39, 0.29) is 0 Å². The second-order valence-corrected chi connectivity index (χ2v) is 26.3. The van der Waals surface area contributed by atoms with Crippen molar-refractivity contribution in [2.45, 2.75) is 296 Å². The molecule has 0 N–H and O–H groups in total. The first kappa shape index (κ1) is 66.6. The third-order valence-corrected chi connectivity index (χ3v) is 16.5. The summed E-state index contributed by atoms with van der Waals surface area (Å²) >= 11 is 0. The van der Waals surface area contributed by atoms with E-state index in [1.165, 1.54) is 173 Å². The Morgan fingerprint density at radius 3 is 0.671 bits per heavy atom. The Labute approximate surface area is 441 Å². The molecule has 70 heavy (non-hydrogen) atoms. The van der Waals surface area contributed by atoms with E-state index in [0.29, 0.717) is 37.6 Å². The van der Waals surface area contributed by atoms with Crippen LogP contribution in [0.5, 0.6) is 17.2 Å². The minimum absolute atomic E-state index is 0.632. The fourth-order valence-corrected chi connectivity index (χ4v) is 10.9. The highest BCUT2D eigenvalue weighted by Crippen LogP contribution is 2.40. The summed E-state index contributed by atoms with van der Waals surface area (Å²) in [5.41, 5.74) is 0.930. The molecule has 0 bridgehead atoms. The van der Waals surface area contributed by atoms with Crippen LogP contribution in [0.25, 0.3) is 0 Å². The molecule has 0 saturated carbocycles. The van der Waals surface area contributed by atoms with Crippen LogP contribution in [0, 0.1) is 77.9 Å². The van der Waals surface area contributed by atoms with E-state index < -0.39 is 0 Å². The molecular weight excluding hydrogens is 853 g/mol. The Kier molecular flexibility index (Phi) is 39.9. The first-order valence-electron chi connectivity index (χ1n) is 31.2. The van der Waals surface area contributed by atoms with Crippen LogP contribution in [0.2, 0.25) is 0 Å². The van der Waals surface area contributed by atoms with Crippen molar-refractivity contribution in [2.75, 3.05) is 19.8 Å². The first-order valence-corrected chi connectivity index (χ1v) is 31.2. The predicted octanol–water partition coefficient (Wildman–Crippen LogP) is 22.4. The van der Waals surface area contributed by atoms with Gasteiger partial charge in [-0.15, -0.1) is 0 Å². The van der Waals surface area contributed by atoms with E-state index in [1.807, 2.05) is 0 Å². The summed E-state index contributed by atoms with van der Waals surface area (Å²) in [6.07, 6.45) is 40.0. The highest BCUT2D eigenvalue weighted by Gasteiger charge is 2.18. The molecule has 9 unspecified atom stereocenters. The average Bonchev–Trinajstić information content (AvgIpc) is 3.26. The topological polar surface area (TPSA) is 27.7 Å². The second-order valence-electron chi connectivity index (χ2n) is 26.3. The number of ether oxygens (including phenoxy) is 3. The number of hydrogen-bond acceptors (Lipinski definition) is 3. The highest BCUT2D eigenvalue weighted by molar-refractivity contribution is 5.54. The molecule has 9 atom stereocenters. The fourth-order valence-electron chi connectivity index (χ4n) is 10.9. The van der Waals surface area contributed by atoms with Gasteiger partial charge in [0.15, 0.2) is 11.5 Å². The standard InChI is InChI=1S/C67H127O3/c1-52(2)26-17-29-55(7)32-20-35-58(10)38-23-41-61(13)44-47-68-65-50-64(16)51-66(69-48-45-62(14)42-24-39-59(11)36-21-33-56(8)30-18-27-53(3)4)67(65)70-49-46-63(15)43-25-40-60(12)37-22-34-57(9)31-19-28-54(5)6/h50-63H,16-49H2,1-15H3. The van der Waals surface area contributed by atoms with Gasteiger partial charge in [-0.05, 0) is 115 Å². The Bertz CT molecular complexity index is 1250. The molecule has 0 aliphatic heterocycles. The molecule has 1 aromatic carbocycles. The molecule has 0 spiro atoms. The van der Waals surface area contributed by atoms with Crippen LogP contribution in [0.15, 0.2) is 12.1 Å². The monoisotopic (exact) mass is 980 g/mol. The number of benzene rings is 1. The van der Waals surface area contributed by atoms with E-state index in [9.17, 15) is 0 Å². The molecule has 1 aromatic rings. The van der Waals surface area contributed by atoms with E-state index in [1.54, 1.807) is 0 Å². The van der Waals surface area contributed by atoms with Gasteiger partial charge in [0.25, 0.3) is 0 Å². The third-order valence-electron chi connectivity index (χ3n) is 16.5. The zero-order valence-electron chi connectivity index (χ0n) is 50.3. The van der Waals surface area contributed by atoms with Gasteiger partial charge in [0.05, 0.1) is 19.8 Å². The predicted molar refractivity (Wildman–Crippen MR) is 313 cm³/mol. The SMILES string of the molecule is [CH2]c1cc(OCCC(C)CCCC(C)CCCC(C)CCCC(C)C)c(OCCC(C)CCCC(C)CCCC(C)CCCC(C)C)c(OCCC(C)CCCC(C)CCCC(C)CCCC(C)C)c1. The molecular formula is C67H127O3. The largest absolute Gasteiger partial charge is 0.490 e. The molecule has 3 heteroatoms. The van der Waals surface area contributed by atoms with Crippen molar-refractivity contribution in [3.05, 3.63) is 24.6 Å². The van der Waals surface area contributed by atoms with E-state index in [4.69, 9.17) is 14.2 Å². The van der Waals surface area contributed by atoms with Crippen LogP contribution in [-0.4, -0.2) is 19.8 Å². The maximum atomic E-state index is 6.71. The van der Waals surface area contributed by atoms with Crippen molar-refractivity contribution in [1.29, 1.82) is 0 Å². The summed E-state index contributed by atoms with van der Waals surface area (Å²) in [6.45, 7) is 42.6. The van der Waals surface area contributed by atoms with Gasteiger partial charge in [-0.3, -0.25) is 0 Å². The molecule has 3 nitrogen and oxygen atoms in total. The van der Waals surface area contributed by atoms with Crippen LogP contribution in [0.3, 0.4) is 0 Å². The molecule has 0 aliphatic rings. The molecule has 0 fully saturated rings. The Hall–Kier alpha value is -1.38. The molecule has 0 aromatic heterocycles. The summed E-state index contributed by atoms with van der Waals surface area (Å²) in [6, 6.07) is 4.16. The molecule has 0 heterocycles. The van der Waals surface area contributed by atoms with E-state index >= 15 is 0 Å². The third kappa shape index (κ3) is 38.2. The lowest BCUT2D eigenvalue weighted by molar-refractivity contribution is 0.215. The van der Waals surface area contributed by atoms with Gasteiger partial charge in [-0.25, -0.2) is 0 Å². The summed E-state index contributed by atoms with van der Waals surface area (Å²) in [7, 11) is 0. The van der Waals surface area contributed by atoms with Gasteiger partial charge in [0.1, 0.15) is 0 Å². The second kappa shape index (κ2) is 41.9. The number of rotatable bonds is 48. The van der Waals surface area contributed by atoms with Crippen LogP contribution in [-0.2, 0) is 0 Å². The zero-order chi connectivity index (χ0) is 52.1. The van der Waals surface area contributed by atoms with E-state index in [2.05, 4.69) is 123 Å². The quantitative estimate of drug-likeness (QED) is 0.0651. The summed E-state index contributed by atoms with van der Waals surface area (Å²) in [5, 5.41) is 0. The Morgan fingerprint density at radius 2 is 0.457 bits per heavy atom. The van der Waals surface area contributed by atoms with Crippen molar-refractivity contribution in [3.63, 3.8) is 0 Å². The highest BCUT2D eigenvalue weighted by atomic mass is 16.5. The lowest BCUT2D eigenvalue weighted by Gasteiger charge is -2.21. The van der Waals surface area contributed by atoms with Gasteiger partial charge in [-0.1, -0.05) is 277 Å². The van der Waals surface area contributed by atoms with Gasteiger partial charge < -0.3 is 14.2 Å². The van der Waals surface area contributed by atoms with Crippen molar-refractivity contribution in [3.8, 4) is 17.2 Å². The smallest absolute Gasteiger partial charge is 0.203 e. The Morgan fingerprint density at radius 1 is 0.271 bits per heavy atom. The molecule has 0 amide bonds. The zero-order valence-corrected chi connectivity index (χ0v) is 50.3. The fraction of sp³-hybridized carbons (Fsp3) is 0.896. The molecule has 1 rings (SSSR count). The van der Waals surface area contributed by atoms with Gasteiger partial charge in [-0.2, -0.15) is 0 Å². The normalized spacial score (nSPS) is 16.0. The van der Waals surface area contributed by atoms with Gasteiger partial charge >= 0.3 is 0 Å². The minimum Gasteiger partial charge on any atom is -0.490 e. The summed E-state index contributed by atoms with van der Waals surface area (Å²) in [5.74, 6) is 12.0. The lowest BCUT2D eigenvalue weighted by Crippen LogP contribution is -2.11. The maximum absolute atomic E-state index is 6.71. The van der Waals surface area contributed by atoms with E-state index in [0.717, 1.165) is 95.3 Å². The van der Waals surface area contributed by atoms with Crippen molar-refractivity contribution in [1.82, 2.24) is 0 Å². The minimum atomic E-state index is 0.632. The lowest BCUT2D eigenvalue weighted by atomic mass is 9.91. The first-order chi connectivity index (χ1) is 33.3. The van der Waals surface area contributed by atoms with Crippen molar-refractivity contribution in [2.24, 2.45) is 71.0 Å². The average molecular weight is 981 g/mol. The van der Waals surface area contributed by atoms with Crippen molar-refractivity contribution >= 4 is 0 Å². The van der Waals surface area contributed by atoms with Gasteiger partial charge in [0, 0.05) is 0 Å². The van der Waals surface area contributed by atoms with Gasteiger partial charge in [0.2, 0.25) is 5.75 Å². The molecule has 1 radical (unpaired) electrons. The van der Waals surface area contributed by atoms with Crippen LogP contribution >= 0.6 is 0 Å². The summed E-state index contributed by atoms with van der Waals surface area (Å²) in [4.78, 5) is 0. The van der Waals surface area contributed by atoms with Crippen LogP contribution < -0.4 is 14.2 Å². The summed E-state index contributed by atoms with van der Waals surface area (Å²) < 4.78 is 20.0. The maximum Gasteiger partial charge on any atom is 0.203 e. The van der Waals surface area contributed by atoms with Crippen LogP contribution in [0.4, 0.5) is 0 Å². The molecule has 413 valence electrons. The molecule has 0 saturated heterocycles.